The van der Waals surface area contributed by atoms with Crippen molar-refractivity contribution in [1.29, 1.82) is 0 Å². The number of amides is 2. The fourth-order valence-electron chi connectivity index (χ4n) is 2.72. The zero-order chi connectivity index (χ0) is 17.4. The smallest absolute Gasteiger partial charge is 0.543 e. The molecule has 2 atom stereocenters. The molecule has 0 saturated carbocycles. The van der Waals surface area contributed by atoms with Crippen molar-refractivity contribution in [2.75, 3.05) is 12.4 Å². The molecule has 1 aromatic rings. The van der Waals surface area contributed by atoms with Crippen molar-refractivity contribution in [1.82, 2.24) is 10.2 Å². The number of rotatable bonds is 4. The minimum atomic E-state index is -1.50. The number of thioether (sulfide) groups is 1. The first-order chi connectivity index (χ1) is 11.4. The van der Waals surface area contributed by atoms with Gasteiger partial charge < -0.3 is 20.3 Å². The molecule has 0 unspecified atom stereocenters. The van der Waals surface area contributed by atoms with Crippen molar-refractivity contribution in [3.05, 3.63) is 46.7 Å². The number of carbonyl (C=O) groups excluding carboxylic acids is 3. The van der Waals surface area contributed by atoms with Crippen molar-refractivity contribution in [2.24, 2.45) is 0 Å². The summed E-state index contributed by atoms with van der Waals surface area (Å²) < 4.78 is 0. The molecular weight excluding hydrogens is 355 g/mol. The Morgan fingerprint density at radius 1 is 1.36 bits per heavy atom. The minimum Gasteiger partial charge on any atom is -0.543 e. The Kier molecular flexibility index (Phi) is 6.34. The molecule has 2 N–H and O–H groups in total. The second-order valence-electron chi connectivity index (χ2n) is 5.62. The van der Waals surface area contributed by atoms with Gasteiger partial charge in [-0.2, -0.15) is 0 Å². The number of nitrogens with zero attached hydrogens (tertiary/aromatic N) is 1. The molecule has 0 bridgehead atoms. The summed E-state index contributed by atoms with van der Waals surface area (Å²) in [6, 6.07) is 6.12. The first-order valence-electron chi connectivity index (χ1n) is 7.30. The third-order valence-electron chi connectivity index (χ3n) is 4.03. The molecule has 126 valence electrons. The van der Waals surface area contributed by atoms with Gasteiger partial charge in [0.05, 0.1) is 18.3 Å². The average molecular weight is 370 g/mol. The van der Waals surface area contributed by atoms with Crippen LogP contribution in [0.5, 0.6) is 0 Å². The van der Waals surface area contributed by atoms with Crippen LogP contribution in [0.15, 0.2) is 35.5 Å². The zero-order valence-corrected chi connectivity index (χ0v) is 16.6. The minimum absolute atomic E-state index is 0. The van der Waals surface area contributed by atoms with Crippen LogP contribution < -0.4 is 40.0 Å². The summed E-state index contributed by atoms with van der Waals surface area (Å²) in [5.41, 5.74) is 1.40. The van der Waals surface area contributed by atoms with E-state index in [2.05, 4.69) is 5.32 Å². The van der Waals surface area contributed by atoms with E-state index >= 15 is 0 Å². The van der Waals surface area contributed by atoms with Gasteiger partial charge >= 0.3 is 29.6 Å². The maximum absolute atomic E-state index is 12.3. The normalized spacial score (nSPS) is 21.8. The summed E-state index contributed by atoms with van der Waals surface area (Å²) in [6.45, 7) is 1.45. The second kappa shape index (κ2) is 7.92. The average Bonchev–Trinajstić information content (AvgIpc) is 2.58. The molecule has 0 radical (unpaired) electrons. The van der Waals surface area contributed by atoms with Gasteiger partial charge in [0.2, 0.25) is 0 Å². The van der Waals surface area contributed by atoms with Crippen LogP contribution in [-0.4, -0.2) is 51.6 Å². The van der Waals surface area contributed by atoms with Crippen LogP contribution in [0.3, 0.4) is 0 Å². The van der Waals surface area contributed by atoms with Gasteiger partial charge in [0.1, 0.15) is 11.4 Å². The Morgan fingerprint density at radius 3 is 2.56 bits per heavy atom. The van der Waals surface area contributed by atoms with Crippen LogP contribution in [0.4, 0.5) is 0 Å². The van der Waals surface area contributed by atoms with E-state index in [0.717, 1.165) is 10.5 Å². The molecule has 2 heterocycles. The van der Waals surface area contributed by atoms with Gasteiger partial charge in [-0.25, -0.2) is 0 Å². The molecule has 1 fully saturated rings. The molecule has 2 amide bonds. The van der Waals surface area contributed by atoms with Gasteiger partial charge in [-0.1, -0.05) is 17.7 Å². The van der Waals surface area contributed by atoms with E-state index in [-0.39, 0.29) is 52.5 Å². The topological polar surface area (TPSA) is 110 Å². The van der Waals surface area contributed by atoms with Crippen molar-refractivity contribution in [3.8, 4) is 0 Å². The number of aliphatic hydroxyl groups excluding tert-OH is 1. The fraction of sp³-hybridized carbons (Fsp3) is 0.312. The molecule has 2 aliphatic rings. The molecule has 2 aliphatic heterocycles. The Labute approximate surface area is 170 Å². The molecule has 1 aromatic carbocycles. The van der Waals surface area contributed by atoms with E-state index in [1.807, 2.05) is 6.92 Å². The number of carboxylic acids is 1. The van der Waals surface area contributed by atoms with Crippen LogP contribution in [0, 0.1) is 6.92 Å². The number of nitrogens with one attached hydrogen (secondary N) is 1. The van der Waals surface area contributed by atoms with Crippen LogP contribution >= 0.6 is 11.8 Å². The Bertz CT molecular complexity index is 749. The van der Waals surface area contributed by atoms with Gasteiger partial charge in [0.15, 0.2) is 0 Å². The largest absolute Gasteiger partial charge is 1.00 e. The zero-order valence-electron chi connectivity index (χ0n) is 13.8. The fourth-order valence-corrected chi connectivity index (χ4v) is 4.06. The van der Waals surface area contributed by atoms with Gasteiger partial charge in [-0.05, 0) is 24.6 Å². The number of hydrogen-bond acceptors (Lipinski definition) is 6. The maximum atomic E-state index is 12.3. The number of carboxylic acid groups (broad SMARTS) is 1. The molecule has 9 heteroatoms. The number of fused-ring (bicyclic) bond motifs is 1. The summed E-state index contributed by atoms with van der Waals surface area (Å²) in [4.78, 5) is 36.9. The van der Waals surface area contributed by atoms with E-state index < -0.39 is 29.9 Å². The number of aliphatic hydroxyl groups is 1. The van der Waals surface area contributed by atoms with Gasteiger partial charge in [0.25, 0.3) is 11.8 Å². The number of hydrogen-bond donors (Lipinski definition) is 2. The molecule has 0 aromatic heterocycles. The van der Waals surface area contributed by atoms with Crippen molar-refractivity contribution in [3.63, 3.8) is 0 Å². The van der Waals surface area contributed by atoms with E-state index in [4.69, 9.17) is 0 Å². The molecule has 25 heavy (non-hydrogen) atoms. The summed E-state index contributed by atoms with van der Waals surface area (Å²) in [6.07, 6.45) is 0. The summed E-state index contributed by atoms with van der Waals surface area (Å²) in [5, 5.41) is 22.6. The second-order valence-corrected chi connectivity index (χ2v) is 6.73. The van der Waals surface area contributed by atoms with Crippen LogP contribution in [0.2, 0.25) is 0 Å². The molecule has 7 nitrogen and oxygen atoms in total. The molecular formula is C16H15N2NaO5S. The van der Waals surface area contributed by atoms with E-state index in [1.165, 1.54) is 11.8 Å². The summed E-state index contributed by atoms with van der Waals surface area (Å²) >= 11 is 1.30. The third kappa shape index (κ3) is 3.63. The van der Waals surface area contributed by atoms with Crippen molar-refractivity contribution >= 4 is 29.5 Å². The monoisotopic (exact) mass is 370 g/mol. The predicted molar refractivity (Wildman–Crippen MR) is 84.6 cm³/mol. The number of aryl methyl sites for hydroxylation is 1. The molecule has 1 saturated heterocycles. The molecule has 3 rings (SSSR count). The number of benzene rings is 1. The van der Waals surface area contributed by atoms with Gasteiger partial charge in [-0.15, -0.1) is 11.8 Å². The van der Waals surface area contributed by atoms with Crippen LogP contribution in [-0.2, 0) is 9.59 Å². The van der Waals surface area contributed by atoms with Gasteiger partial charge in [-0.3, -0.25) is 14.5 Å². The predicted octanol–water partition coefficient (Wildman–Crippen LogP) is -3.99. The molecule has 0 spiro atoms. The van der Waals surface area contributed by atoms with E-state index in [0.29, 0.717) is 5.56 Å². The Balaban J connectivity index is 0.00000225. The number of β-lactam (4-membered cyclic amide) rings is 1. The van der Waals surface area contributed by atoms with Crippen LogP contribution in [0.25, 0.3) is 0 Å². The van der Waals surface area contributed by atoms with E-state index in [9.17, 15) is 24.6 Å². The standard InChI is InChI=1S/C16H16N2O5S.Na/c1-8-2-4-9(5-3-8)13(20)17-11-14(21)18-12(16(22)23)10(6-19)7-24-15(11)18;/h2-5,11,15,19H,6-7H2,1H3,(H,17,20)(H,22,23);/q;+1/p-1/t11-,15-;/m0./s1. The first kappa shape index (κ1) is 20.0. The quantitative estimate of drug-likeness (QED) is 0.413. The molecule has 0 aliphatic carbocycles. The first-order valence-corrected chi connectivity index (χ1v) is 8.35. The van der Waals surface area contributed by atoms with Gasteiger partial charge in [0, 0.05) is 11.3 Å². The Hall–Kier alpha value is -1.32. The Morgan fingerprint density at radius 2 is 2.00 bits per heavy atom. The summed E-state index contributed by atoms with van der Waals surface area (Å²) in [5.74, 6) is -2.13. The van der Waals surface area contributed by atoms with E-state index in [1.54, 1.807) is 24.3 Å². The SMILES string of the molecule is Cc1ccc(C(=O)N[C@H]2C(=O)N3C(C(=O)[O-])=C(CO)CS[C@@H]23)cc1.[Na+]. The van der Waals surface area contributed by atoms with Crippen LogP contribution in [0.1, 0.15) is 15.9 Å². The number of aliphatic carboxylic acids is 1. The summed E-state index contributed by atoms with van der Waals surface area (Å²) in [7, 11) is 0. The third-order valence-corrected chi connectivity index (χ3v) is 5.37. The maximum Gasteiger partial charge on any atom is 1.00 e. The number of carbonyl (C=O) groups is 3. The van der Waals surface area contributed by atoms with Crippen molar-refractivity contribution < 1.29 is 54.2 Å². The van der Waals surface area contributed by atoms with Crippen molar-refractivity contribution in [2.45, 2.75) is 18.3 Å².